The molecule has 168 valence electrons. The van der Waals surface area contributed by atoms with Crippen LogP contribution in [0.4, 0.5) is 10.1 Å². The summed E-state index contributed by atoms with van der Waals surface area (Å²) in [5, 5.41) is 9.97. The third-order valence-corrected chi connectivity index (χ3v) is 8.42. The number of likely N-dealkylation sites (N-methyl/N-ethyl adjacent to an activating group) is 1. The van der Waals surface area contributed by atoms with Gasteiger partial charge in [-0.15, -0.1) is 0 Å². The third-order valence-electron chi connectivity index (χ3n) is 6.72. The van der Waals surface area contributed by atoms with Crippen molar-refractivity contribution in [3.05, 3.63) is 53.8 Å². The van der Waals surface area contributed by atoms with Crippen molar-refractivity contribution in [3.8, 4) is 11.1 Å². The van der Waals surface area contributed by atoms with E-state index in [1.54, 1.807) is 13.0 Å². The van der Waals surface area contributed by atoms with E-state index in [9.17, 15) is 17.9 Å². The first-order valence-electron chi connectivity index (χ1n) is 10.7. The van der Waals surface area contributed by atoms with Gasteiger partial charge >= 0.3 is 0 Å². The molecule has 1 saturated heterocycles. The number of sulfonamides is 1. The zero-order valence-corrected chi connectivity index (χ0v) is 18.7. The van der Waals surface area contributed by atoms with E-state index in [-0.39, 0.29) is 35.6 Å². The summed E-state index contributed by atoms with van der Waals surface area (Å²) >= 11 is 0. The lowest BCUT2D eigenvalue weighted by Gasteiger charge is -2.44. The highest BCUT2D eigenvalue weighted by Crippen LogP contribution is 2.50. The number of benzene rings is 2. The number of anilines is 1. The van der Waals surface area contributed by atoms with Gasteiger partial charge in [-0.25, -0.2) is 22.8 Å². The maximum absolute atomic E-state index is 13.8. The molecule has 9 heteroatoms. The number of nitrogens with zero attached hydrogens (tertiary/aromatic N) is 4. The molecule has 0 spiro atoms. The molecule has 2 aromatic carbocycles. The van der Waals surface area contributed by atoms with Gasteiger partial charge in [0.15, 0.2) is 0 Å². The number of aliphatic hydroxyl groups is 1. The summed E-state index contributed by atoms with van der Waals surface area (Å²) in [7, 11) is -1.97. The van der Waals surface area contributed by atoms with Crippen molar-refractivity contribution in [1.29, 1.82) is 0 Å². The lowest BCUT2D eigenvalue weighted by Crippen LogP contribution is -2.48. The molecule has 1 fully saturated rings. The minimum absolute atomic E-state index is 0.0766. The van der Waals surface area contributed by atoms with Crippen LogP contribution in [0.5, 0.6) is 0 Å². The second-order valence-corrected chi connectivity index (χ2v) is 10.4. The number of aliphatic hydroxyl groups excluding tert-OH is 1. The molecule has 0 aliphatic carbocycles. The molecule has 0 bridgehead atoms. The van der Waals surface area contributed by atoms with Crippen LogP contribution in [-0.4, -0.2) is 61.5 Å². The first-order valence-corrected chi connectivity index (χ1v) is 12.1. The first-order chi connectivity index (χ1) is 15.3. The minimum atomic E-state index is -3.89. The van der Waals surface area contributed by atoms with Crippen molar-refractivity contribution in [3.63, 3.8) is 0 Å². The molecule has 0 radical (unpaired) electrons. The van der Waals surface area contributed by atoms with Gasteiger partial charge in [0.2, 0.25) is 0 Å². The zero-order chi connectivity index (χ0) is 22.6. The lowest BCUT2D eigenvalue weighted by molar-refractivity contribution is 0.193. The Bertz CT molecular complexity index is 1230. The largest absolute Gasteiger partial charge is 0.394 e. The summed E-state index contributed by atoms with van der Waals surface area (Å²) < 4.78 is 42.3. The number of hydrogen-bond donors (Lipinski definition) is 1. The van der Waals surface area contributed by atoms with Gasteiger partial charge in [-0.05, 0) is 54.3 Å². The van der Waals surface area contributed by atoms with Crippen LogP contribution in [0.2, 0.25) is 0 Å². The molecule has 0 saturated carbocycles. The second-order valence-electron chi connectivity index (χ2n) is 8.59. The van der Waals surface area contributed by atoms with E-state index in [2.05, 4.69) is 9.98 Å². The highest BCUT2D eigenvalue weighted by molar-refractivity contribution is 8.04. The summed E-state index contributed by atoms with van der Waals surface area (Å²) in [6, 6.07) is 11.2. The van der Waals surface area contributed by atoms with Crippen LogP contribution in [0, 0.1) is 11.7 Å². The zero-order valence-electron chi connectivity index (χ0n) is 17.9. The maximum atomic E-state index is 13.8. The van der Waals surface area contributed by atoms with Gasteiger partial charge in [-0.3, -0.25) is 0 Å². The Morgan fingerprint density at radius 3 is 2.66 bits per heavy atom. The molecule has 3 aliphatic heterocycles. The molecule has 1 unspecified atom stereocenters. The number of fused-ring (bicyclic) bond motifs is 3. The number of amidine groups is 1. The fraction of sp³-hybridized carbons (Fsp3) is 0.391. The van der Waals surface area contributed by atoms with Gasteiger partial charge in [0.25, 0.3) is 15.2 Å². The maximum Gasteiger partial charge on any atom is 0.278 e. The van der Waals surface area contributed by atoms with Crippen LogP contribution >= 0.6 is 0 Å². The Kier molecular flexibility index (Phi) is 5.15. The van der Waals surface area contributed by atoms with Gasteiger partial charge in [0.1, 0.15) is 5.82 Å². The predicted octanol–water partition coefficient (Wildman–Crippen LogP) is 2.83. The van der Waals surface area contributed by atoms with Crippen LogP contribution in [0.3, 0.4) is 0 Å². The van der Waals surface area contributed by atoms with Crippen LogP contribution < -0.4 is 4.90 Å². The van der Waals surface area contributed by atoms with Crippen molar-refractivity contribution in [1.82, 2.24) is 4.31 Å². The summed E-state index contributed by atoms with van der Waals surface area (Å²) in [6.45, 7) is 2.04. The van der Waals surface area contributed by atoms with Crippen LogP contribution in [0.15, 0.2) is 52.4 Å². The van der Waals surface area contributed by atoms with E-state index in [1.165, 1.54) is 22.7 Å². The Morgan fingerprint density at radius 2 is 1.97 bits per heavy atom. The van der Waals surface area contributed by atoms with Crippen LogP contribution in [0.25, 0.3) is 11.1 Å². The van der Waals surface area contributed by atoms with E-state index in [4.69, 9.17) is 0 Å². The third kappa shape index (κ3) is 3.27. The molecule has 3 aliphatic rings. The van der Waals surface area contributed by atoms with Crippen LogP contribution in [0.1, 0.15) is 24.9 Å². The highest BCUT2D eigenvalue weighted by Gasteiger charge is 2.51. The molecular formula is C23H25FN4O3S. The molecular weight excluding hydrogens is 431 g/mol. The number of hydrogen-bond acceptors (Lipinski definition) is 6. The molecule has 3 heterocycles. The minimum Gasteiger partial charge on any atom is -0.394 e. The normalized spacial score (nSPS) is 27.4. The molecule has 0 aromatic heterocycles. The van der Waals surface area contributed by atoms with Gasteiger partial charge in [-0.2, -0.15) is 4.31 Å². The molecule has 5 rings (SSSR count). The molecule has 1 N–H and O–H groups in total. The van der Waals surface area contributed by atoms with Gasteiger partial charge in [0, 0.05) is 31.4 Å². The van der Waals surface area contributed by atoms with Crippen molar-refractivity contribution in [2.75, 3.05) is 25.1 Å². The Labute approximate surface area is 187 Å². The molecule has 32 heavy (non-hydrogen) atoms. The Balaban J connectivity index is 1.64. The lowest BCUT2D eigenvalue weighted by atomic mass is 9.81. The van der Waals surface area contributed by atoms with Gasteiger partial charge < -0.3 is 10.0 Å². The van der Waals surface area contributed by atoms with E-state index in [1.807, 2.05) is 36.2 Å². The van der Waals surface area contributed by atoms with E-state index < -0.39 is 16.1 Å². The Hall–Kier alpha value is -2.62. The summed E-state index contributed by atoms with van der Waals surface area (Å²) in [4.78, 5) is 10.3. The number of halogens is 1. The van der Waals surface area contributed by atoms with E-state index >= 15 is 0 Å². The fourth-order valence-electron chi connectivity index (χ4n) is 5.18. The van der Waals surface area contributed by atoms with E-state index in [0.29, 0.717) is 13.0 Å². The smallest absolute Gasteiger partial charge is 0.278 e. The van der Waals surface area contributed by atoms with Crippen molar-refractivity contribution >= 4 is 27.1 Å². The summed E-state index contributed by atoms with van der Waals surface area (Å²) in [5.74, 6) is -0.412. The molecule has 7 nitrogen and oxygen atoms in total. The molecule has 4 atom stereocenters. The Morgan fingerprint density at radius 1 is 1.19 bits per heavy atom. The average Bonchev–Trinajstić information content (AvgIpc) is 3.41. The van der Waals surface area contributed by atoms with Gasteiger partial charge in [-0.1, -0.05) is 18.2 Å². The van der Waals surface area contributed by atoms with Crippen molar-refractivity contribution < 1.29 is 17.9 Å². The SMILES string of the molecule is CC1C=NC(S(=O)(=O)N2CC[C@@H]3[C@H]2c2cc(-c4cccc(F)c4)ccc2N(C)[C@H]3CO)=N1. The van der Waals surface area contributed by atoms with Gasteiger partial charge in [0.05, 0.1) is 24.7 Å². The second kappa shape index (κ2) is 7.75. The number of aliphatic imine (C=N–C) groups is 2. The number of rotatable bonds is 3. The van der Waals surface area contributed by atoms with Crippen molar-refractivity contribution in [2.45, 2.75) is 31.5 Å². The standard InChI is InChI=1S/C23H25FN4O3S/c1-14-12-25-23(26-14)32(30,31)28-9-8-18-21(13-29)27(2)20-7-6-16(11-19(20)22(18)28)15-4-3-5-17(24)10-15/h3-7,10-12,14,18,21-22,29H,8-9,13H2,1-2H3/t14?,18-,21-,22-/m0/s1. The molecule has 0 amide bonds. The van der Waals surface area contributed by atoms with Crippen molar-refractivity contribution in [2.24, 2.45) is 15.9 Å². The monoisotopic (exact) mass is 456 g/mol. The predicted molar refractivity (Wildman–Crippen MR) is 123 cm³/mol. The quantitative estimate of drug-likeness (QED) is 0.770. The highest BCUT2D eigenvalue weighted by atomic mass is 32.2. The first kappa shape index (κ1) is 21.2. The van der Waals surface area contributed by atoms with Crippen LogP contribution in [-0.2, 0) is 10.0 Å². The van der Waals surface area contributed by atoms with E-state index in [0.717, 1.165) is 22.4 Å². The molecule has 2 aromatic rings. The summed E-state index contributed by atoms with van der Waals surface area (Å²) in [6.07, 6.45) is 2.15. The average molecular weight is 457 g/mol. The topological polar surface area (TPSA) is 85.6 Å². The summed E-state index contributed by atoms with van der Waals surface area (Å²) in [5.41, 5.74) is 3.24. The fourth-order valence-corrected chi connectivity index (χ4v) is 6.80.